The number of amides is 1. The Kier molecular flexibility index (Phi) is 5.69. The third-order valence-corrected chi connectivity index (χ3v) is 8.46. The minimum atomic E-state index is -0.519. The summed E-state index contributed by atoms with van der Waals surface area (Å²) in [7, 11) is 0. The summed E-state index contributed by atoms with van der Waals surface area (Å²) in [4.78, 5) is 15.0. The normalized spacial score (nSPS) is 25.1. The average molecular weight is 485 g/mol. The molecule has 1 aromatic carbocycles. The Balaban J connectivity index is 1.15. The lowest BCUT2D eigenvalue weighted by molar-refractivity contribution is -0.137. The molecule has 3 fully saturated rings. The summed E-state index contributed by atoms with van der Waals surface area (Å²) in [5.41, 5.74) is 0.481. The number of nitrogens with zero attached hydrogens (tertiary/aromatic N) is 3. The number of ether oxygens (including phenoxy) is 1. The van der Waals surface area contributed by atoms with E-state index in [0.29, 0.717) is 42.5 Å². The van der Waals surface area contributed by atoms with Gasteiger partial charge in [-0.15, -0.1) is 21.5 Å². The largest absolute Gasteiger partial charge is 0.381 e. The SMILES string of the molecule is O=C(C1CCOCC1)N1C[C@H]2CC(Nc3nnc(-c4cc(F)ccc4F)c4sccc34)C[C@H]2C1. The van der Waals surface area contributed by atoms with Crippen LogP contribution in [0.15, 0.2) is 29.6 Å². The maximum Gasteiger partial charge on any atom is 0.225 e. The molecule has 34 heavy (non-hydrogen) atoms. The van der Waals surface area contributed by atoms with Crippen LogP contribution in [-0.4, -0.2) is 53.3 Å². The summed E-state index contributed by atoms with van der Waals surface area (Å²) in [6, 6.07) is 5.58. The van der Waals surface area contributed by atoms with E-state index in [2.05, 4.69) is 20.4 Å². The van der Waals surface area contributed by atoms with Gasteiger partial charge < -0.3 is 15.0 Å². The highest BCUT2D eigenvalue weighted by Crippen LogP contribution is 2.41. The lowest BCUT2D eigenvalue weighted by Crippen LogP contribution is -2.38. The molecule has 4 heterocycles. The van der Waals surface area contributed by atoms with Gasteiger partial charge in [-0.25, -0.2) is 8.78 Å². The minimum Gasteiger partial charge on any atom is -0.381 e. The van der Waals surface area contributed by atoms with Crippen LogP contribution in [0.1, 0.15) is 25.7 Å². The van der Waals surface area contributed by atoms with Gasteiger partial charge in [-0.1, -0.05) is 0 Å². The quantitative estimate of drug-likeness (QED) is 0.581. The number of aromatic nitrogens is 2. The molecule has 6 nitrogen and oxygen atoms in total. The van der Waals surface area contributed by atoms with Crippen LogP contribution in [0.25, 0.3) is 21.3 Å². The van der Waals surface area contributed by atoms with Gasteiger partial charge in [-0.05, 0) is 67.2 Å². The predicted molar refractivity (Wildman–Crippen MR) is 127 cm³/mol. The Morgan fingerprint density at radius 1 is 1.09 bits per heavy atom. The van der Waals surface area contributed by atoms with Gasteiger partial charge in [0.15, 0.2) is 5.82 Å². The fourth-order valence-electron chi connectivity index (χ4n) is 5.83. The maximum absolute atomic E-state index is 14.4. The number of hydrogen-bond acceptors (Lipinski definition) is 6. The number of thiophene rings is 1. The van der Waals surface area contributed by atoms with Gasteiger partial charge in [0.25, 0.3) is 0 Å². The van der Waals surface area contributed by atoms with Crippen LogP contribution in [0.2, 0.25) is 0 Å². The molecule has 2 aliphatic heterocycles. The van der Waals surface area contributed by atoms with Crippen molar-refractivity contribution in [3.63, 3.8) is 0 Å². The van der Waals surface area contributed by atoms with Crippen molar-refractivity contribution < 1.29 is 18.3 Å². The smallest absolute Gasteiger partial charge is 0.225 e. The highest BCUT2D eigenvalue weighted by Gasteiger charge is 2.43. The van der Waals surface area contributed by atoms with E-state index in [1.165, 1.54) is 11.3 Å². The molecule has 1 aliphatic carbocycles. The van der Waals surface area contributed by atoms with Crippen LogP contribution < -0.4 is 5.32 Å². The summed E-state index contributed by atoms with van der Waals surface area (Å²) in [5.74, 6) is 1.05. The van der Waals surface area contributed by atoms with Crippen LogP contribution in [0.3, 0.4) is 0 Å². The van der Waals surface area contributed by atoms with Crippen LogP contribution in [0.4, 0.5) is 14.6 Å². The first-order valence-corrected chi connectivity index (χ1v) is 12.8. The highest BCUT2D eigenvalue weighted by molar-refractivity contribution is 7.17. The molecule has 178 valence electrons. The van der Waals surface area contributed by atoms with Gasteiger partial charge in [0.2, 0.25) is 5.91 Å². The number of halogens is 2. The first-order valence-electron chi connectivity index (χ1n) is 11.9. The van der Waals surface area contributed by atoms with E-state index < -0.39 is 11.6 Å². The van der Waals surface area contributed by atoms with Crippen molar-refractivity contribution in [3.05, 3.63) is 41.3 Å². The lowest BCUT2D eigenvalue weighted by Gasteiger charge is -2.27. The molecular formula is C25H26F2N4O2S. The number of benzene rings is 1. The molecule has 3 atom stereocenters. The molecule has 6 rings (SSSR count). The standard InChI is InChI=1S/C25H26F2N4O2S/c26-17-1-2-21(27)20(11-17)22-23-19(5-8-34-23)24(30-29-22)28-18-9-15-12-31(13-16(15)10-18)25(32)14-3-6-33-7-4-14/h1-2,5,8,11,14-16,18H,3-4,6-7,9-10,12-13H2,(H,28,30)/t15-,16+,18?. The predicted octanol–water partition coefficient (Wildman–Crippen LogP) is 4.71. The van der Waals surface area contributed by atoms with E-state index in [1.54, 1.807) is 0 Å². The monoisotopic (exact) mass is 484 g/mol. The molecule has 9 heteroatoms. The van der Waals surface area contributed by atoms with E-state index in [0.717, 1.165) is 67.1 Å². The fourth-order valence-corrected chi connectivity index (χ4v) is 6.73. The minimum absolute atomic E-state index is 0.116. The molecule has 0 spiro atoms. The van der Waals surface area contributed by atoms with Crippen molar-refractivity contribution in [1.82, 2.24) is 15.1 Å². The molecule has 1 N–H and O–H groups in total. The number of nitrogens with one attached hydrogen (secondary N) is 1. The second-order valence-electron chi connectivity index (χ2n) is 9.65. The lowest BCUT2D eigenvalue weighted by atomic mass is 9.98. The zero-order valence-corrected chi connectivity index (χ0v) is 19.5. The first-order chi connectivity index (χ1) is 16.6. The van der Waals surface area contributed by atoms with Gasteiger partial charge in [0.05, 0.1) is 4.70 Å². The summed E-state index contributed by atoms with van der Waals surface area (Å²) in [6.07, 6.45) is 3.63. The topological polar surface area (TPSA) is 67.3 Å². The first kappa shape index (κ1) is 21.9. The third kappa shape index (κ3) is 3.94. The molecule has 3 aliphatic rings. The number of anilines is 1. The molecular weight excluding hydrogens is 458 g/mol. The van der Waals surface area contributed by atoms with Crippen molar-refractivity contribution in [2.75, 3.05) is 31.6 Å². The second-order valence-corrected chi connectivity index (χ2v) is 10.6. The van der Waals surface area contributed by atoms with Crippen LogP contribution in [0.5, 0.6) is 0 Å². The Hall–Kier alpha value is -2.65. The fraction of sp³-hybridized carbons (Fsp3) is 0.480. The molecule has 1 unspecified atom stereocenters. The van der Waals surface area contributed by atoms with Crippen molar-refractivity contribution in [3.8, 4) is 11.3 Å². The molecule has 0 bridgehead atoms. The van der Waals surface area contributed by atoms with Gasteiger partial charge in [0.1, 0.15) is 17.3 Å². The van der Waals surface area contributed by atoms with E-state index in [-0.39, 0.29) is 17.5 Å². The van der Waals surface area contributed by atoms with Gasteiger partial charge in [-0.3, -0.25) is 4.79 Å². The molecule has 1 saturated carbocycles. The Bertz CT molecular complexity index is 1210. The summed E-state index contributed by atoms with van der Waals surface area (Å²) in [5, 5.41) is 15.0. The summed E-state index contributed by atoms with van der Waals surface area (Å²) < 4.78 is 34.3. The van der Waals surface area contributed by atoms with Gasteiger partial charge in [0, 0.05) is 49.2 Å². The van der Waals surface area contributed by atoms with Crippen molar-refractivity contribution >= 4 is 33.1 Å². The van der Waals surface area contributed by atoms with E-state index in [1.807, 2.05) is 11.4 Å². The van der Waals surface area contributed by atoms with Gasteiger partial charge in [-0.2, -0.15) is 0 Å². The third-order valence-electron chi connectivity index (χ3n) is 7.54. The number of likely N-dealkylation sites (tertiary alicyclic amines) is 1. The number of rotatable bonds is 4. The molecule has 0 radical (unpaired) electrons. The number of carbonyl (C=O) groups is 1. The Labute approximate surface area is 200 Å². The van der Waals surface area contributed by atoms with Crippen LogP contribution in [0, 0.1) is 29.4 Å². The summed E-state index contributed by atoms with van der Waals surface area (Å²) >= 11 is 1.44. The highest BCUT2D eigenvalue weighted by atomic mass is 32.1. The Morgan fingerprint density at radius 3 is 2.62 bits per heavy atom. The Morgan fingerprint density at radius 2 is 1.85 bits per heavy atom. The number of carbonyl (C=O) groups excluding carboxylic acids is 1. The zero-order chi connectivity index (χ0) is 23.2. The zero-order valence-electron chi connectivity index (χ0n) is 18.7. The van der Waals surface area contributed by atoms with E-state index >= 15 is 0 Å². The number of fused-ring (bicyclic) bond motifs is 2. The molecule has 2 aromatic heterocycles. The molecule has 1 amide bonds. The van der Waals surface area contributed by atoms with Crippen molar-refractivity contribution in [1.29, 1.82) is 0 Å². The molecule has 2 saturated heterocycles. The van der Waals surface area contributed by atoms with Crippen LogP contribution >= 0.6 is 11.3 Å². The van der Waals surface area contributed by atoms with Crippen molar-refractivity contribution in [2.45, 2.75) is 31.7 Å². The number of hydrogen-bond donors (Lipinski definition) is 1. The maximum atomic E-state index is 14.4. The van der Waals surface area contributed by atoms with Gasteiger partial charge >= 0.3 is 0 Å². The van der Waals surface area contributed by atoms with Crippen molar-refractivity contribution in [2.24, 2.45) is 17.8 Å². The average Bonchev–Trinajstić information content (AvgIpc) is 3.56. The second kappa shape index (κ2) is 8.85. The van der Waals surface area contributed by atoms with E-state index in [4.69, 9.17) is 4.74 Å². The summed E-state index contributed by atoms with van der Waals surface area (Å²) in [6.45, 7) is 3.03. The van der Waals surface area contributed by atoms with Crippen LogP contribution in [-0.2, 0) is 9.53 Å². The van der Waals surface area contributed by atoms with E-state index in [9.17, 15) is 13.6 Å². The molecule has 3 aromatic rings.